The largest absolute Gasteiger partial charge is 0.346 e. The summed E-state index contributed by atoms with van der Waals surface area (Å²) < 4.78 is 0. The summed E-state index contributed by atoms with van der Waals surface area (Å²) >= 11 is 0. The first kappa shape index (κ1) is 12.4. The number of aromatic nitrogens is 1. The highest BCUT2D eigenvalue weighted by molar-refractivity contribution is 5.92. The average molecular weight is 223 g/mol. The Kier molecular flexibility index (Phi) is 3.84. The van der Waals surface area contributed by atoms with E-state index in [1.165, 1.54) is 6.07 Å². The third-order valence-electron chi connectivity index (χ3n) is 2.23. The van der Waals surface area contributed by atoms with E-state index >= 15 is 0 Å². The number of rotatable bonds is 4. The van der Waals surface area contributed by atoms with E-state index in [1.807, 2.05) is 13.8 Å². The Labute approximate surface area is 94.1 Å². The van der Waals surface area contributed by atoms with Gasteiger partial charge in [-0.25, -0.2) is 0 Å². The summed E-state index contributed by atoms with van der Waals surface area (Å²) in [6.07, 6.45) is 0.676. The second-order valence-corrected chi connectivity index (χ2v) is 4.31. The summed E-state index contributed by atoms with van der Waals surface area (Å²) in [4.78, 5) is 25.3. The summed E-state index contributed by atoms with van der Waals surface area (Å²) in [6, 6.07) is 4.47. The molecule has 1 aromatic rings. The zero-order chi connectivity index (χ0) is 12.2. The van der Waals surface area contributed by atoms with E-state index in [0.29, 0.717) is 13.0 Å². The van der Waals surface area contributed by atoms with Crippen LogP contribution in [0, 0.1) is 0 Å². The molecule has 1 aromatic heterocycles. The van der Waals surface area contributed by atoms with E-state index < -0.39 is 0 Å². The minimum Gasteiger partial charge on any atom is -0.346 e. The van der Waals surface area contributed by atoms with Gasteiger partial charge in [-0.3, -0.25) is 9.59 Å². The van der Waals surface area contributed by atoms with Gasteiger partial charge >= 0.3 is 0 Å². The normalized spacial score (nSPS) is 11.2. The Morgan fingerprint density at radius 2 is 2.19 bits per heavy atom. The zero-order valence-corrected chi connectivity index (χ0v) is 9.54. The Hall–Kier alpha value is -1.62. The monoisotopic (exact) mass is 223 g/mol. The van der Waals surface area contributed by atoms with E-state index in [9.17, 15) is 9.59 Å². The number of pyridine rings is 1. The SMILES string of the molecule is CC(C)(CCN)NC(=O)c1cccc(=O)[nH]1. The van der Waals surface area contributed by atoms with Gasteiger partial charge in [0, 0.05) is 11.6 Å². The smallest absolute Gasteiger partial charge is 0.268 e. The van der Waals surface area contributed by atoms with Crippen molar-refractivity contribution in [3.8, 4) is 0 Å². The number of hydrogen-bond acceptors (Lipinski definition) is 3. The zero-order valence-electron chi connectivity index (χ0n) is 9.54. The Bertz CT molecular complexity index is 423. The maximum atomic E-state index is 11.8. The highest BCUT2D eigenvalue weighted by atomic mass is 16.2. The number of aromatic amines is 1. The lowest BCUT2D eigenvalue weighted by molar-refractivity contribution is 0.0905. The molecule has 0 unspecified atom stereocenters. The van der Waals surface area contributed by atoms with Gasteiger partial charge in [-0.05, 0) is 32.9 Å². The molecule has 1 heterocycles. The number of nitrogens with two attached hydrogens (primary N) is 1. The van der Waals surface area contributed by atoms with Crippen LogP contribution in [0.15, 0.2) is 23.0 Å². The summed E-state index contributed by atoms with van der Waals surface area (Å²) in [5.41, 5.74) is 5.04. The summed E-state index contributed by atoms with van der Waals surface area (Å²) in [6.45, 7) is 4.27. The number of carbonyl (C=O) groups excluding carboxylic acids is 1. The van der Waals surface area contributed by atoms with E-state index in [2.05, 4.69) is 10.3 Å². The van der Waals surface area contributed by atoms with Crippen LogP contribution in [0.25, 0.3) is 0 Å². The molecular weight excluding hydrogens is 206 g/mol. The highest BCUT2D eigenvalue weighted by Crippen LogP contribution is 2.07. The van der Waals surface area contributed by atoms with Crippen LogP contribution >= 0.6 is 0 Å². The molecule has 88 valence electrons. The second-order valence-electron chi connectivity index (χ2n) is 4.31. The van der Waals surface area contributed by atoms with E-state index in [1.54, 1.807) is 12.1 Å². The fraction of sp³-hybridized carbons (Fsp3) is 0.455. The lowest BCUT2D eigenvalue weighted by Crippen LogP contribution is -2.45. The molecule has 0 atom stereocenters. The van der Waals surface area contributed by atoms with Gasteiger partial charge in [0.15, 0.2) is 0 Å². The molecule has 5 heteroatoms. The van der Waals surface area contributed by atoms with Gasteiger partial charge in [-0.1, -0.05) is 6.07 Å². The first-order valence-corrected chi connectivity index (χ1v) is 5.16. The van der Waals surface area contributed by atoms with Gasteiger partial charge in [-0.2, -0.15) is 0 Å². The quantitative estimate of drug-likeness (QED) is 0.682. The predicted molar refractivity (Wildman–Crippen MR) is 62.3 cm³/mol. The molecule has 0 saturated carbocycles. The molecule has 0 aliphatic rings. The first-order chi connectivity index (χ1) is 7.44. The van der Waals surface area contributed by atoms with E-state index in [4.69, 9.17) is 5.73 Å². The second kappa shape index (κ2) is 4.94. The van der Waals surface area contributed by atoms with Gasteiger partial charge in [0.2, 0.25) is 5.56 Å². The van der Waals surface area contributed by atoms with Crippen LogP contribution in [0.5, 0.6) is 0 Å². The number of amides is 1. The van der Waals surface area contributed by atoms with Crippen molar-refractivity contribution in [3.63, 3.8) is 0 Å². The molecule has 0 spiro atoms. The van der Waals surface area contributed by atoms with Crippen molar-refractivity contribution in [2.75, 3.05) is 6.54 Å². The molecule has 0 aliphatic carbocycles. The van der Waals surface area contributed by atoms with Crippen molar-refractivity contribution in [1.29, 1.82) is 0 Å². The summed E-state index contributed by atoms with van der Waals surface area (Å²) in [7, 11) is 0. The molecule has 1 amide bonds. The number of hydrogen-bond donors (Lipinski definition) is 3. The van der Waals surface area contributed by atoms with Crippen molar-refractivity contribution in [2.45, 2.75) is 25.8 Å². The first-order valence-electron chi connectivity index (χ1n) is 5.16. The van der Waals surface area contributed by atoms with Crippen molar-refractivity contribution in [3.05, 3.63) is 34.2 Å². The lowest BCUT2D eigenvalue weighted by Gasteiger charge is -2.25. The predicted octanol–water partition coefficient (Wildman–Crippen LogP) is 0.232. The number of nitrogens with one attached hydrogen (secondary N) is 2. The van der Waals surface area contributed by atoms with E-state index in [0.717, 1.165) is 0 Å². The van der Waals surface area contributed by atoms with Gasteiger partial charge in [0.05, 0.1) is 0 Å². The van der Waals surface area contributed by atoms with Crippen LogP contribution in [0.1, 0.15) is 30.8 Å². The van der Waals surface area contributed by atoms with Crippen molar-refractivity contribution in [1.82, 2.24) is 10.3 Å². The minimum absolute atomic E-state index is 0.262. The molecule has 16 heavy (non-hydrogen) atoms. The maximum Gasteiger partial charge on any atom is 0.268 e. The van der Waals surface area contributed by atoms with Gasteiger partial charge < -0.3 is 16.0 Å². The number of carbonyl (C=O) groups is 1. The Morgan fingerprint density at radius 1 is 1.50 bits per heavy atom. The van der Waals surface area contributed by atoms with Crippen LogP contribution in [0.3, 0.4) is 0 Å². The Morgan fingerprint density at radius 3 is 2.75 bits per heavy atom. The summed E-state index contributed by atoms with van der Waals surface area (Å²) in [5.74, 6) is -0.295. The van der Waals surface area contributed by atoms with Gasteiger partial charge in [0.25, 0.3) is 5.91 Å². The summed E-state index contributed by atoms with van der Waals surface area (Å²) in [5, 5.41) is 2.81. The third-order valence-corrected chi connectivity index (χ3v) is 2.23. The van der Waals surface area contributed by atoms with Gasteiger partial charge in [0.1, 0.15) is 5.69 Å². The molecule has 0 fully saturated rings. The van der Waals surface area contributed by atoms with Gasteiger partial charge in [-0.15, -0.1) is 0 Å². The molecule has 0 saturated heterocycles. The van der Waals surface area contributed by atoms with Crippen LogP contribution in [-0.2, 0) is 0 Å². The molecule has 1 rings (SSSR count). The van der Waals surface area contributed by atoms with Crippen molar-refractivity contribution < 1.29 is 4.79 Å². The average Bonchev–Trinajstić information content (AvgIpc) is 2.16. The van der Waals surface area contributed by atoms with Crippen molar-refractivity contribution >= 4 is 5.91 Å². The minimum atomic E-state index is -0.376. The topological polar surface area (TPSA) is 88.0 Å². The van der Waals surface area contributed by atoms with Crippen LogP contribution in [0.2, 0.25) is 0 Å². The lowest BCUT2D eigenvalue weighted by atomic mass is 10.0. The molecule has 0 aliphatic heterocycles. The van der Waals surface area contributed by atoms with Crippen LogP contribution < -0.4 is 16.6 Å². The molecular formula is C11H17N3O2. The molecule has 5 nitrogen and oxygen atoms in total. The van der Waals surface area contributed by atoms with Crippen LogP contribution in [0.4, 0.5) is 0 Å². The molecule has 4 N–H and O–H groups in total. The van der Waals surface area contributed by atoms with Crippen molar-refractivity contribution in [2.24, 2.45) is 5.73 Å². The maximum absolute atomic E-state index is 11.8. The Balaban J connectivity index is 2.76. The van der Waals surface area contributed by atoms with Crippen LogP contribution in [-0.4, -0.2) is 23.0 Å². The highest BCUT2D eigenvalue weighted by Gasteiger charge is 2.20. The fourth-order valence-electron chi connectivity index (χ4n) is 1.38. The fourth-order valence-corrected chi connectivity index (χ4v) is 1.38. The standard InChI is InChI=1S/C11H17N3O2/c1-11(2,6-7-12)14-10(16)8-4-3-5-9(15)13-8/h3-5H,6-7,12H2,1-2H3,(H,13,15)(H,14,16). The van der Waals surface area contributed by atoms with E-state index in [-0.39, 0.29) is 22.7 Å². The molecule has 0 radical (unpaired) electrons. The molecule has 0 bridgehead atoms. The molecule has 0 aromatic carbocycles. The third kappa shape index (κ3) is 3.51. The number of H-pyrrole nitrogens is 1.